The van der Waals surface area contributed by atoms with Gasteiger partial charge >= 0.3 is 0 Å². The SMILES string of the molecule is N#CC1COCCN1c1ccc(F)cc1. The van der Waals surface area contributed by atoms with Gasteiger partial charge in [-0.3, -0.25) is 0 Å². The monoisotopic (exact) mass is 206 g/mol. The van der Waals surface area contributed by atoms with E-state index in [2.05, 4.69) is 6.07 Å². The Bertz CT molecular complexity index is 371. The van der Waals surface area contributed by atoms with Crippen molar-refractivity contribution in [3.05, 3.63) is 30.1 Å². The summed E-state index contributed by atoms with van der Waals surface area (Å²) in [5.41, 5.74) is 0.867. The highest BCUT2D eigenvalue weighted by Gasteiger charge is 2.22. The number of hydrogen-bond donors (Lipinski definition) is 0. The first-order valence-electron chi connectivity index (χ1n) is 4.81. The number of benzene rings is 1. The molecule has 0 aliphatic carbocycles. The molecule has 0 spiro atoms. The Balaban J connectivity index is 2.21. The number of morpholine rings is 1. The largest absolute Gasteiger partial charge is 0.376 e. The van der Waals surface area contributed by atoms with Crippen LogP contribution in [0.2, 0.25) is 0 Å². The molecule has 0 radical (unpaired) electrons. The fourth-order valence-electron chi connectivity index (χ4n) is 1.65. The summed E-state index contributed by atoms with van der Waals surface area (Å²) < 4.78 is 17.9. The molecular formula is C11H11FN2O. The molecule has 1 atom stereocenters. The third-order valence-electron chi connectivity index (χ3n) is 2.44. The van der Waals surface area contributed by atoms with E-state index in [-0.39, 0.29) is 11.9 Å². The van der Waals surface area contributed by atoms with Crippen LogP contribution in [-0.4, -0.2) is 25.8 Å². The Hall–Kier alpha value is -1.60. The smallest absolute Gasteiger partial charge is 0.140 e. The summed E-state index contributed by atoms with van der Waals surface area (Å²) >= 11 is 0. The second-order valence-corrected chi connectivity index (χ2v) is 3.39. The van der Waals surface area contributed by atoms with Crippen LogP contribution in [0.5, 0.6) is 0 Å². The summed E-state index contributed by atoms with van der Waals surface area (Å²) in [4.78, 5) is 1.93. The van der Waals surface area contributed by atoms with E-state index < -0.39 is 0 Å². The van der Waals surface area contributed by atoms with Crippen molar-refractivity contribution in [1.29, 1.82) is 5.26 Å². The molecule has 3 nitrogen and oxygen atoms in total. The van der Waals surface area contributed by atoms with Gasteiger partial charge in [0.2, 0.25) is 0 Å². The summed E-state index contributed by atoms with van der Waals surface area (Å²) in [6, 6.07) is 8.08. The molecule has 0 amide bonds. The summed E-state index contributed by atoms with van der Waals surface area (Å²) in [7, 11) is 0. The van der Waals surface area contributed by atoms with Crippen LogP contribution >= 0.6 is 0 Å². The third kappa shape index (κ3) is 2.08. The number of hydrogen-bond acceptors (Lipinski definition) is 3. The van der Waals surface area contributed by atoms with Gasteiger partial charge in [-0.1, -0.05) is 0 Å². The van der Waals surface area contributed by atoms with Crippen molar-refractivity contribution in [3.8, 4) is 6.07 Å². The molecule has 1 fully saturated rings. The van der Waals surface area contributed by atoms with E-state index in [1.54, 1.807) is 12.1 Å². The van der Waals surface area contributed by atoms with E-state index >= 15 is 0 Å². The molecule has 1 aromatic rings. The maximum absolute atomic E-state index is 12.7. The number of nitrogens with zero attached hydrogens (tertiary/aromatic N) is 2. The molecule has 1 aromatic carbocycles. The molecule has 1 aliphatic rings. The van der Waals surface area contributed by atoms with E-state index in [4.69, 9.17) is 10.00 Å². The van der Waals surface area contributed by atoms with Crippen molar-refractivity contribution in [2.24, 2.45) is 0 Å². The molecule has 2 rings (SSSR count). The predicted octanol–water partition coefficient (Wildman–Crippen LogP) is 1.55. The lowest BCUT2D eigenvalue weighted by Crippen LogP contribution is -2.44. The van der Waals surface area contributed by atoms with Crippen molar-refractivity contribution in [3.63, 3.8) is 0 Å². The van der Waals surface area contributed by atoms with Gasteiger partial charge in [0.1, 0.15) is 11.9 Å². The number of anilines is 1. The predicted molar refractivity (Wildman–Crippen MR) is 54.0 cm³/mol. The Kier molecular flexibility index (Phi) is 2.84. The molecule has 15 heavy (non-hydrogen) atoms. The molecular weight excluding hydrogens is 195 g/mol. The summed E-state index contributed by atoms with van der Waals surface area (Å²) in [5, 5.41) is 8.93. The van der Waals surface area contributed by atoms with Gasteiger partial charge in [0.15, 0.2) is 0 Å². The van der Waals surface area contributed by atoms with E-state index in [9.17, 15) is 4.39 Å². The average Bonchev–Trinajstić information content (AvgIpc) is 2.30. The van der Waals surface area contributed by atoms with Gasteiger partial charge in [-0.05, 0) is 24.3 Å². The lowest BCUT2D eigenvalue weighted by Gasteiger charge is -2.33. The van der Waals surface area contributed by atoms with Crippen LogP contribution in [0.1, 0.15) is 0 Å². The standard InChI is InChI=1S/C11H11FN2O/c12-9-1-3-10(4-2-9)14-5-6-15-8-11(14)7-13/h1-4,11H,5-6,8H2. The van der Waals surface area contributed by atoms with Gasteiger partial charge in [-0.25, -0.2) is 4.39 Å². The molecule has 1 saturated heterocycles. The van der Waals surface area contributed by atoms with Crippen LogP contribution in [-0.2, 0) is 4.74 Å². The Morgan fingerprint density at radius 3 is 2.80 bits per heavy atom. The molecule has 0 N–H and O–H groups in total. The molecule has 1 heterocycles. The van der Waals surface area contributed by atoms with Crippen molar-refractivity contribution in [2.45, 2.75) is 6.04 Å². The van der Waals surface area contributed by atoms with E-state index in [0.717, 1.165) is 5.69 Å². The molecule has 0 saturated carbocycles. The molecule has 4 heteroatoms. The first kappa shape index (κ1) is 9.94. The quantitative estimate of drug-likeness (QED) is 0.699. The van der Waals surface area contributed by atoms with Crippen molar-refractivity contribution >= 4 is 5.69 Å². The normalized spacial score (nSPS) is 21.1. The fraction of sp³-hybridized carbons (Fsp3) is 0.364. The van der Waals surface area contributed by atoms with Crippen molar-refractivity contribution < 1.29 is 9.13 Å². The van der Waals surface area contributed by atoms with E-state index in [0.29, 0.717) is 19.8 Å². The fourth-order valence-corrected chi connectivity index (χ4v) is 1.65. The van der Waals surface area contributed by atoms with Crippen molar-refractivity contribution in [1.82, 2.24) is 0 Å². The highest BCUT2D eigenvalue weighted by atomic mass is 19.1. The van der Waals surface area contributed by atoms with Gasteiger partial charge in [0.05, 0.1) is 19.3 Å². The topological polar surface area (TPSA) is 36.3 Å². The maximum Gasteiger partial charge on any atom is 0.140 e. The number of rotatable bonds is 1. The third-order valence-corrected chi connectivity index (χ3v) is 2.44. The second kappa shape index (κ2) is 4.28. The molecule has 0 bridgehead atoms. The highest BCUT2D eigenvalue weighted by Crippen LogP contribution is 2.19. The van der Waals surface area contributed by atoms with E-state index in [1.807, 2.05) is 4.90 Å². The lowest BCUT2D eigenvalue weighted by molar-refractivity contribution is 0.107. The first-order chi connectivity index (χ1) is 7.31. The zero-order chi connectivity index (χ0) is 10.7. The number of halogens is 1. The Labute approximate surface area is 87.7 Å². The Morgan fingerprint density at radius 1 is 1.40 bits per heavy atom. The minimum absolute atomic E-state index is 0.263. The average molecular weight is 206 g/mol. The summed E-state index contributed by atoms with van der Waals surface area (Å²) in [6.07, 6.45) is 0. The minimum atomic E-state index is -0.274. The van der Waals surface area contributed by atoms with E-state index in [1.165, 1.54) is 12.1 Å². The van der Waals surface area contributed by atoms with Crippen LogP contribution < -0.4 is 4.90 Å². The van der Waals surface area contributed by atoms with Crippen LogP contribution in [0.4, 0.5) is 10.1 Å². The lowest BCUT2D eigenvalue weighted by atomic mass is 10.2. The summed E-state index contributed by atoms with van der Waals surface area (Å²) in [5.74, 6) is -0.263. The first-order valence-corrected chi connectivity index (χ1v) is 4.81. The van der Waals surface area contributed by atoms with Crippen LogP contribution in [0, 0.1) is 17.1 Å². The van der Waals surface area contributed by atoms with Gasteiger partial charge < -0.3 is 9.64 Å². The van der Waals surface area contributed by atoms with Crippen LogP contribution in [0.3, 0.4) is 0 Å². The van der Waals surface area contributed by atoms with Gasteiger partial charge in [0, 0.05) is 12.2 Å². The zero-order valence-corrected chi connectivity index (χ0v) is 8.19. The molecule has 0 aromatic heterocycles. The van der Waals surface area contributed by atoms with Gasteiger partial charge in [0.25, 0.3) is 0 Å². The minimum Gasteiger partial charge on any atom is -0.376 e. The van der Waals surface area contributed by atoms with Crippen molar-refractivity contribution in [2.75, 3.05) is 24.7 Å². The number of ether oxygens (including phenoxy) is 1. The zero-order valence-electron chi connectivity index (χ0n) is 8.19. The number of nitriles is 1. The highest BCUT2D eigenvalue weighted by molar-refractivity contribution is 5.49. The Morgan fingerprint density at radius 2 is 2.13 bits per heavy atom. The summed E-state index contributed by atoms with van der Waals surface area (Å²) in [6.45, 7) is 1.69. The van der Waals surface area contributed by atoms with Crippen LogP contribution in [0.15, 0.2) is 24.3 Å². The van der Waals surface area contributed by atoms with Crippen LogP contribution in [0.25, 0.3) is 0 Å². The maximum atomic E-state index is 12.7. The molecule has 1 aliphatic heterocycles. The van der Waals surface area contributed by atoms with Gasteiger partial charge in [-0.2, -0.15) is 5.26 Å². The molecule has 1 unspecified atom stereocenters. The second-order valence-electron chi connectivity index (χ2n) is 3.39. The molecule has 78 valence electrons. The van der Waals surface area contributed by atoms with Gasteiger partial charge in [-0.15, -0.1) is 0 Å².